The van der Waals surface area contributed by atoms with Gasteiger partial charge in [-0.2, -0.15) is 12.7 Å². The van der Waals surface area contributed by atoms with Crippen molar-refractivity contribution in [3.05, 3.63) is 64.7 Å². The first-order valence-corrected chi connectivity index (χ1v) is 9.72. The first-order valence-electron chi connectivity index (χ1n) is 8.28. The summed E-state index contributed by atoms with van der Waals surface area (Å²) in [5.74, 6) is 0. The molecule has 3 rings (SSSR count). The fourth-order valence-electron chi connectivity index (χ4n) is 2.64. The Labute approximate surface area is 151 Å². The molecular formula is C17H21N5O3S. The lowest BCUT2D eigenvalue weighted by molar-refractivity contribution is 0.473. The Hall–Kier alpha value is -2.65. The molecule has 0 spiro atoms. The molecule has 8 nitrogen and oxygen atoms in total. The lowest BCUT2D eigenvalue weighted by Gasteiger charge is -2.17. The first-order chi connectivity index (χ1) is 12.4. The van der Waals surface area contributed by atoms with Crippen molar-refractivity contribution in [2.45, 2.75) is 19.9 Å². The number of nitrogens with zero attached hydrogens (tertiary/aromatic N) is 4. The van der Waals surface area contributed by atoms with Gasteiger partial charge in [-0.1, -0.05) is 25.1 Å². The number of fused-ring (bicyclic) bond motifs is 1. The van der Waals surface area contributed by atoms with Gasteiger partial charge >= 0.3 is 15.9 Å². The number of pyridine rings is 1. The number of nitrogens with one attached hydrogen (secondary N) is 1. The molecule has 2 heterocycles. The van der Waals surface area contributed by atoms with E-state index in [0.29, 0.717) is 17.9 Å². The van der Waals surface area contributed by atoms with Crippen LogP contribution in [0.3, 0.4) is 0 Å². The van der Waals surface area contributed by atoms with Gasteiger partial charge < -0.3 is 0 Å². The minimum absolute atomic E-state index is 0.241. The zero-order valence-electron chi connectivity index (χ0n) is 14.7. The van der Waals surface area contributed by atoms with E-state index in [4.69, 9.17) is 0 Å². The molecule has 0 atom stereocenters. The van der Waals surface area contributed by atoms with Crippen molar-refractivity contribution < 1.29 is 8.42 Å². The summed E-state index contributed by atoms with van der Waals surface area (Å²) in [4.78, 5) is 12.4. The molecule has 0 radical (unpaired) electrons. The van der Waals surface area contributed by atoms with Gasteiger partial charge in [0.1, 0.15) is 0 Å². The van der Waals surface area contributed by atoms with Crippen molar-refractivity contribution in [3.63, 3.8) is 0 Å². The van der Waals surface area contributed by atoms with Gasteiger partial charge in [-0.15, -0.1) is 5.10 Å². The average Bonchev–Trinajstić information content (AvgIpc) is 2.91. The van der Waals surface area contributed by atoms with Gasteiger partial charge in [-0.25, -0.2) is 9.48 Å². The lowest BCUT2D eigenvalue weighted by atomic mass is 10.2. The quantitative estimate of drug-likeness (QED) is 0.678. The molecule has 0 saturated heterocycles. The maximum absolute atomic E-state index is 12.4. The number of aromatic nitrogens is 3. The zero-order valence-corrected chi connectivity index (χ0v) is 15.5. The van der Waals surface area contributed by atoms with Crippen molar-refractivity contribution in [3.8, 4) is 0 Å². The summed E-state index contributed by atoms with van der Waals surface area (Å²) in [5, 5.41) is 4.28. The van der Waals surface area contributed by atoms with E-state index in [9.17, 15) is 13.2 Å². The average molecular weight is 375 g/mol. The molecule has 3 aromatic rings. The van der Waals surface area contributed by atoms with Crippen molar-refractivity contribution in [1.29, 1.82) is 0 Å². The van der Waals surface area contributed by atoms with Crippen LogP contribution < -0.4 is 10.4 Å². The highest BCUT2D eigenvalue weighted by atomic mass is 32.2. The minimum atomic E-state index is -3.60. The molecule has 0 saturated carbocycles. The summed E-state index contributed by atoms with van der Waals surface area (Å²) in [7, 11) is -2.07. The third-order valence-corrected chi connectivity index (χ3v) is 5.44. The molecule has 26 heavy (non-hydrogen) atoms. The SMILES string of the molecule is CCCN(C)S(=O)(=O)Nc1cccc(Cn2nc3ccccn3c2=O)c1. The van der Waals surface area contributed by atoms with Crippen LogP contribution in [0.1, 0.15) is 18.9 Å². The predicted octanol–water partition coefficient (Wildman–Crippen LogP) is 1.54. The summed E-state index contributed by atoms with van der Waals surface area (Å²) >= 11 is 0. The number of hydrogen-bond acceptors (Lipinski definition) is 4. The highest BCUT2D eigenvalue weighted by Gasteiger charge is 2.16. The van der Waals surface area contributed by atoms with Crippen molar-refractivity contribution in [2.75, 3.05) is 18.3 Å². The molecule has 9 heteroatoms. The van der Waals surface area contributed by atoms with E-state index in [-0.39, 0.29) is 12.2 Å². The van der Waals surface area contributed by atoms with Crippen LogP contribution >= 0.6 is 0 Å². The Kier molecular flexibility index (Phi) is 5.10. The molecule has 0 unspecified atom stereocenters. The normalized spacial score (nSPS) is 12.0. The third kappa shape index (κ3) is 3.78. The van der Waals surface area contributed by atoms with E-state index in [1.54, 1.807) is 36.5 Å². The molecule has 138 valence electrons. The van der Waals surface area contributed by atoms with E-state index in [2.05, 4.69) is 9.82 Å². The predicted molar refractivity (Wildman–Crippen MR) is 100 cm³/mol. The van der Waals surface area contributed by atoms with Crippen LogP contribution in [-0.2, 0) is 16.8 Å². The Morgan fingerprint density at radius 1 is 1.19 bits per heavy atom. The number of hydrogen-bond donors (Lipinski definition) is 1. The largest absolute Gasteiger partial charge is 0.350 e. The number of benzene rings is 1. The third-order valence-electron chi connectivity index (χ3n) is 3.94. The van der Waals surface area contributed by atoms with E-state index < -0.39 is 10.2 Å². The second-order valence-corrected chi connectivity index (χ2v) is 7.78. The molecule has 1 N–H and O–H groups in total. The van der Waals surface area contributed by atoms with E-state index in [0.717, 1.165) is 12.0 Å². The molecular weight excluding hydrogens is 354 g/mol. The summed E-state index contributed by atoms with van der Waals surface area (Å²) in [5.41, 5.74) is 1.54. The molecule has 0 bridgehead atoms. The highest BCUT2D eigenvalue weighted by molar-refractivity contribution is 7.90. The number of rotatable bonds is 7. The second kappa shape index (κ2) is 7.30. The Morgan fingerprint density at radius 2 is 2.00 bits per heavy atom. The number of anilines is 1. The smallest absolute Gasteiger partial charge is 0.271 e. The van der Waals surface area contributed by atoms with Crippen molar-refractivity contribution >= 4 is 21.5 Å². The van der Waals surface area contributed by atoms with Gasteiger partial charge in [0.15, 0.2) is 5.65 Å². The fourth-order valence-corrected chi connectivity index (χ4v) is 3.64. The van der Waals surface area contributed by atoms with Gasteiger partial charge in [-0.05, 0) is 36.2 Å². The van der Waals surface area contributed by atoms with Crippen LogP contribution in [0.5, 0.6) is 0 Å². The standard InChI is InChI=1S/C17H21N5O3S/c1-3-10-20(2)26(24,25)19-15-8-6-7-14(12-15)13-22-17(23)21-11-5-4-9-16(21)18-22/h4-9,11-12,19H,3,10,13H2,1-2H3. The molecule has 1 aromatic carbocycles. The van der Waals surface area contributed by atoms with Gasteiger partial charge in [0.2, 0.25) is 0 Å². The maximum Gasteiger partial charge on any atom is 0.350 e. The van der Waals surface area contributed by atoms with Crippen LogP contribution in [0.15, 0.2) is 53.5 Å². The summed E-state index contributed by atoms with van der Waals surface area (Å²) in [6, 6.07) is 12.3. The highest BCUT2D eigenvalue weighted by Crippen LogP contribution is 2.14. The van der Waals surface area contributed by atoms with Crippen LogP contribution in [0.2, 0.25) is 0 Å². The molecule has 0 amide bonds. The van der Waals surface area contributed by atoms with E-state index in [1.807, 2.05) is 19.1 Å². The first kappa shape index (κ1) is 18.2. The van der Waals surface area contributed by atoms with Gasteiger partial charge in [0, 0.05) is 19.8 Å². The fraction of sp³-hybridized carbons (Fsp3) is 0.294. The van der Waals surface area contributed by atoms with Crippen molar-refractivity contribution in [2.24, 2.45) is 0 Å². The molecule has 0 aliphatic heterocycles. The maximum atomic E-state index is 12.4. The minimum Gasteiger partial charge on any atom is -0.271 e. The Balaban J connectivity index is 1.83. The summed E-state index contributed by atoms with van der Waals surface area (Å²) < 4.78 is 31.2. The van der Waals surface area contributed by atoms with Crippen molar-refractivity contribution in [1.82, 2.24) is 18.5 Å². The monoisotopic (exact) mass is 375 g/mol. The van der Waals surface area contributed by atoms with E-state index in [1.165, 1.54) is 20.4 Å². The van der Waals surface area contributed by atoms with E-state index >= 15 is 0 Å². The van der Waals surface area contributed by atoms with Gasteiger partial charge in [-0.3, -0.25) is 9.12 Å². The van der Waals surface area contributed by atoms with Crippen LogP contribution in [0.25, 0.3) is 5.65 Å². The molecule has 0 fully saturated rings. The zero-order chi connectivity index (χ0) is 18.7. The van der Waals surface area contributed by atoms with Gasteiger partial charge in [0.05, 0.1) is 12.2 Å². The van der Waals surface area contributed by atoms with Crippen LogP contribution in [-0.4, -0.2) is 40.5 Å². The summed E-state index contributed by atoms with van der Waals surface area (Å²) in [6.07, 6.45) is 2.39. The topological polar surface area (TPSA) is 88.7 Å². The molecule has 2 aromatic heterocycles. The lowest BCUT2D eigenvalue weighted by Crippen LogP contribution is -2.33. The van der Waals surface area contributed by atoms with Crippen LogP contribution in [0, 0.1) is 0 Å². The second-order valence-electron chi connectivity index (χ2n) is 6.00. The van der Waals surface area contributed by atoms with Crippen LogP contribution in [0.4, 0.5) is 5.69 Å². The van der Waals surface area contributed by atoms with Gasteiger partial charge in [0.25, 0.3) is 0 Å². The Bertz CT molecular complexity index is 1070. The molecule has 0 aliphatic rings. The molecule has 0 aliphatic carbocycles. The Morgan fingerprint density at radius 3 is 2.73 bits per heavy atom. The summed E-state index contributed by atoms with van der Waals surface area (Å²) in [6.45, 7) is 2.60.